The average molecular weight is 360 g/mol. The molecule has 0 atom stereocenters. The van der Waals surface area contributed by atoms with Crippen LogP contribution in [0.3, 0.4) is 0 Å². The Kier molecular flexibility index (Phi) is 5.38. The van der Waals surface area contributed by atoms with E-state index in [1.165, 1.54) is 12.1 Å². The third-order valence-electron chi connectivity index (χ3n) is 3.24. The first-order valence-electron chi connectivity index (χ1n) is 7.53. The highest BCUT2D eigenvalue weighted by molar-refractivity contribution is 7.89. The minimum atomic E-state index is -3.67. The van der Waals surface area contributed by atoms with Gasteiger partial charge in [0, 0.05) is 12.3 Å². The Labute approximate surface area is 146 Å². The average Bonchev–Trinajstić information content (AvgIpc) is 2.65. The van der Waals surface area contributed by atoms with Crippen LogP contribution in [0.5, 0.6) is 17.2 Å². The van der Waals surface area contributed by atoms with Crippen LogP contribution in [0.25, 0.3) is 0 Å². The number of nitrogens with zero attached hydrogens (tertiary/aromatic N) is 1. The van der Waals surface area contributed by atoms with Crippen molar-refractivity contribution < 1.29 is 22.6 Å². The summed E-state index contributed by atoms with van der Waals surface area (Å²) in [7, 11) is -3.67. The van der Waals surface area contributed by atoms with Crippen LogP contribution in [-0.4, -0.2) is 39.8 Å². The number of ether oxygens (including phenoxy) is 3. The minimum absolute atomic E-state index is 0.0207. The molecule has 0 aliphatic carbocycles. The third kappa shape index (κ3) is 4.62. The zero-order chi connectivity index (χ0) is 17.5. The van der Waals surface area contributed by atoms with E-state index >= 15 is 0 Å². The van der Waals surface area contributed by atoms with E-state index in [4.69, 9.17) is 14.2 Å². The summed E-state index contributed by atoms with van der Waals surface area (Å²) in [6, 6.07) is 8.00. The van der Waals surface area contributed by atoms with E-state index in [0.29, 0.717) is 30.5 Å². The number of pyridine rings is 1. The topological polar surface area (TPSA) is 86.8 Å². The Morgan fingerprint density at radius 3 is 2.80 bits per heavy atom. The van der Waals surface area contributed by atoms with Crippen LogP contribution < -0.4 is 18.9 Å². The van der Waals surface area contributed by atoms with E-state index < -0.39 is 10.0 Å². The summed E-state index contributed by atoms with van der Waals surface area (Å²) in [4.78, 5) is 4.01. The lowest BCUT2D eigenvalue weighted by atomic mass is 10.3. The predicted molar refractivity (Wildman–Crippen MR) is 90.1 cm³/mol. The Balaban J connectivity index is 1.53. The van der Waals surface area contributed by atoms with Gasteiger partial charge in [0.05, 0.1) is 17.6 Å². The molecule has 0 fully saturated rings. The molecular formula is C17H16N2O5S. The van der Waals surface area contributed by atoms with Crippen LogP contribution in [-0.2, 0) is 10.0 Å². The molecule has 0 saturated carbocycles. The summed E-state index contributed by atoms with van der Waals surface area (Å²) >= 11 is 0. The maximum atomic E-state index is 12.3. The Morgan fingerprint density at radius 2 is 2.00 bits per heavy atom. The quantitative estimate of drug-likeness (QED) is 0.807. The standard InChI is InChI=1S/C17H16N2O5S/c20-25(21,15-5-6-16-17(12-15)24-11-10-23-16)19-8-1-2-9-22-14-4-3-7-18-13-14/h3-7,12-13,19H,8-11H2. The van der Waals surface area contributed by atoms with Gasteiger partial charge in [-0.25, -0.2) is 8.42 Å². The normalized spacial score (nSPS) is 12.8. The lowest BCUT2D eigenvalue weighted by Gasteiger charge is -2.18. The SMILES string of the molecule is O=S(=O)(NCC#CCOc1cccnc1)c1ccc2c(c1)OCCO2. The highest BCUT2D eigenvalue weighted by atomic mass is 32.2. The van der Waals surface area contributed by atoms with E-state index in [1.54, 1.807) is 30.6 Å². The predicted octanol–water partition coefficient (Wildman–Crippen LogP) is 1.21. The lowest BCUT2D eigenvalue weighted by molar-refractivity contribution is 0.171. The number of sulfonamides is 1. The van der Waals surface area contributed by atoms with Crippen LogP contribution in [0, 0.1) is 11.8 Å². The van der Waals surface area contributed by atoms with Gasteiger partial charge in [0.1, 0.15) is 25.6 Å². The van der Waals surface area contributed by atoms with Gasteiger partial charge in [-0.3, -0.25) is 4.98 Å². The fourth-order valence-corrected chi connectivity index (χ4v) is 3.01. The largest absolute Gasteiger partial charge is 0.486 e. The monoisotopic (exact) mass is 360 g/mol. The first-order valence-corrected chi connectivity index (χ1v) is 9.01. The lowest BCUT2D eigenvalue weighted by Crippen LogP contribution is -2.24. The first-order chi connectivity index (χ1) is 12.1. The first kappa shape index (κ1) is 17.1. The molecule has 25 heavy (non-hydrogen) atoms. The molecule has 1 aromatic carbocycles. The van der Waals surface area contributed by atoms with E-state index in [1.807, 2.05) is 0 Å². The zero-order valence-electron chi connectivity index (χ0n) is 13.3. The molecule has 0 bridgehead atoms. The van der Waals surface area contributed by atoms with E-state index in [9.17, 15) is 8.42 Å². The molecule has 130 valence electrons. The number of aromatic nitrogens is 1. The Morgan fingerprint density at radius 1 is 1.16 bits per heavy atom. The van der Waals surface area contributed by atoms with Crippen LogP contribution in [0.2, 0.25) is 0 Å². The number of fused-ring (bicyclic) bond motifs is 1. The van der Waals surface area contributed by atoms with Gasteiger partial charge in [-0.1, -0.05) is 11.8 Å². The van der Waals surface area contributed by atoms with Crippen LogP contribution in [0.4, 0.5) is 0 Å². The summed E-state index contributed by atoms with van der Waals surface area (Å²) < 4.78 is 43.0. The molecule has 1 aliphatic heterocycles. The second-order valence-electron chi connectivity index (χ2n) is 4.96. The molecule has 2 heterocycles. The van der Waals surface area contributed by atoms with Gasteiger partial charge in [0.15, 0.2) is 11.5 Å². The van der Waals surface area contributed by atoms with Gasteiger partial charge >= 0.3 is 0 Å². The van der Waals surface area contributed by atoms with E-state index in [0.717, 1.165) is 0 Å². The van der Waals surface area contributed by atoms with Gasteiger partial charge in [-0.15, -0.1) is 0 Å². The van der Waals surface area contributed by atoms with Crippen molar-refractivity contribution >= 4 is 10.0 Å². The molecule has 0 spiro atoms. The van der Waals surface area contributed by atoms with Gasteiger partial charge in [0.25, 0.3) is 0 Å². The molecular weight excluding hydrogens is 344 g/mol. The summed E-state index contributed by atoms with van der Waals surface area (Å²) in [5.74, 6) is 7.00. The summed E-state index contributed by atoms with van der Waals surface area (Å²) in [5, 5.41) is 0. The number of hydrogen-bond acceptors (Lipinski definition) is 6. The van der Waals surface area contributed by atoms with Gasteiger partial charge in [-0.2, -0.15) is 4.72 Å². The van der Waals surface area contributed by atoms with Crippen molar-refractivity contribution in [1.82, 2.24) is 9.71 Å². The number of rotatable bonds is 5. The molecule has 0 unspecified atom stereocenters. The van der Waals surface area contributed by atoms with Crippen LogP contribution in [0.15, 0.2) is 47.6 Å². The van der Waals surface area contributed by atoms with Crippen LogP contribution >= 0.6 is 0 Å². The molecule has 1 aliphatic rings. The smallest absolute Gasteiger partial charge is 0.241 e. The van der Waals surface area contributed by atoms with Crippen LogP contribution in [0.1, 0.15) is 0 Å². The summed E-state index contributed by atoms with van der Waals surface area (Å²) in [6.07, 6.45) is 3.22. The fourth-order valence-electron chi connectivity index (χ4n) is 2.07. The van der Waals surface area contributed by atoms with Gasteiger partial charge < -0.3 is 14.2 Å². The molecule has 1 aromatic heterocycles. The molecule has 1 N–H and O–H groups in total. The fraction of sp³-hybridized carbons (Fsp3) is 0.235. The molecule has 0 amide bonds. The van der Waals surface area contributed by atoms with Crippen molar-refractivity contribution in [3.63, 3.8) is 0 Å². The highest BCUT2D eigenvalue weighted by Gasteiger charge is 2.18. The second-order valence-corrected chi connectivity index (χ2v) is 6.73. The molecule has 2 aromatic rings. The van der Waals surface area contributed by atoms with Crippen molar-refractivity contribution in [2.75, 3.05) is 26.4 Å². The van der Waals surface area contributed by atoms with Crippen molar-refractivity contribution in [2.45, 2.75) is 4.90 Å². The van der Waals surface area contributed by atoms with Crippen molar-refractivity contribution in [1.29, 1.82) is 0 Å². The molecule has 7 nitrogen and oxygen atoms in total. The zero-order valence-corrected chi connectivity index (χ0v) is 14.1. The van der Waals surface area contributed by atoms with Crippen molar-refractivity contribution in [3.8, 4) is 29.1 Å². The minimum Gasteiger partial charge on any atom is -0.486 e. The molecule has 0 radical (unpaired) electrons. The van der Waals surface area contributed by atoms with Gasteiger partial charge in [0.2, 0.25) is 10.0 Å². The van der Waals surface area contributed by atoms with E-state index in [-0.39, 0.29) is 18.0 Å². The van der Waals surface area contributed by atoms with Crippen molar-refractivity contribution in [3.05, 3.63) is 42.7 Å². The maximum Gasteiger partial charge on any atom is 0.241 e. The summed E-state index contributed by atoms with van der Waals surface area (Å²) in [5.41, 5.74) is 0. The number of benzene rings is 1. The summed E-state index contributed by atoms with van der Waals surface area (Å²) in [6.45, 7) is 0.977. The number of hydrogen-bond donors (Lipinski definition) is 1. The Hall–Kier alpha value is -2.76. The molecule has 8 heteroatoms. The molecule has 3 rings (SSSR count). The molecule has 0 saturated heterocycles. The number of nitrogens with one attached hydrogen (secondary N) is 1. The van der Waals surface area contributed by atoms with E-state index in [2.05, 4.69) is 21.5 Å². The van der Waals surface area contributed by atoms with Gasteiger partial charge in [-0.05, 0) is 24.3 Å². The Bertz CT molecular complexity index is 888. The second kappa shape index (κ2) is 7.88. The van der Waals surface area contributed by atoms with Crippen molar-refractivity contribution in [2.24, 2.45) is 0 Å². The maximum absolute atomic E-state index is 12.3. The third-order valence-corrected chi connectivity index (χ3v) is 4.64. The highest BCUT2D eigenvalue weighted by Crippen LogP contribution is 2.32.